The first-order chi connectivity index (χ1) is 8.74. The van der Waals surface area contributed by atoms with E-state index in [9.17, 15) is 13.5 Å². The lowest BCUT2D eigenvalue weighted by Gasteiger charge is -2.15. The van der Waals surface area contributed by atoms with Gasteiger partial charge in [0, 0.05) is 12.6 Å². The Morgan fingerprint density at radius 3 is 2.16 bits per heavy atom. The van der Waals surface area contributed by atoms with Crippen LogP contribution in [0.5, 0.6) is 0 Å². The molecule has 0 spiro atoms. The lowest BCUT2D eigenvalue weighted by molar-refractivity contribution is 0.164. The van der Waals surface area contributed by atoms with Gasteiger partial charge in [0.25, 0.3) is 0 Å². The molecular formula is C13H22N2O3S. The van der Waals surface area contributed by atoms with Crippen LogP contribution in [0.2, 0.25) is 0 Å². The van der Waals surface area contributed by atoms with Crippen LogP contribution in [0.15, 0.2) is 29.2 Å². The van der Waals surface area contributed by atoms with Gasteiger partial charge in [-0.3, -0.25) is 0 Å². The highest BCUT2D eigenvalue weighted by molar-refractivity contribution is 7.89. The first-order valence-electron chi connectivity index (χ1n) is 6.27. The number of aliphatic hydroxyl groups excluding tert-OH is 1. The number of nitrogens with two attached hydrogens (primary N) is 1. The summed E-state index contributed by atoms with van der Waals surface area (Å²) in [6.45, 7) is 5.62. The van der Waals surface area contributed by atoms with Gasteiger partial charge >= 0.3 is 0 Å². The molecule has 5 nitrogen and oxygen atoms in total. The molecule has 0 saturated heterocycles. The maximum atomic E-state index is 12.0. The van der Waals surface area contributed by atoms with Gasteiger partial charge in [0.15, 0.2) is 0 Å². The number of aliphatic hydroxyl groups is 1. The van der Waals surface area contributed by atoms with E-state index in [1.165, 1.54) is 6.92 Å². The molecule has 1 rings (SSSR count). The average molecular weight is 286 g/mol. The number of hydrogen-bond donors (Lipinski definition) is 3. The van der Waals surface area contributed by atoms with E-state index in [1.807, 2.05) is 13.8 Å². The van der Waals surface area contributed by atoms with E-state index in [2.05, 4.69) is 4.72 Å². The van der Waals surface area contributed by atoms with Crippen molar-refractivity contribution in [3.05, 3.63) is 29.8 Å². The summed E-state index contributed by atoms with van der Waals surface area (Å²) in [4.78, 5) is 0.203. The van der Waals surface area contributed by atoms with E-state index in [1.54, 1.807) is 24.3 Å². The van der Waals surface area contributed by atoms with Crippen molar-refractivity contribution in [2.75, 3.05) is 6.54 Å². The third kappa shape index (κ3) is 4.58. The molecule has 2 unspecified atom stereocenters. The molecule has 1 aromatic carbocycles. The quantitative estimate of drug-likeness (QED) is 0.721. The van der Waals surface area contributed by atoms with Crippen LogP contribution in [-0.4, -0.2) is 32.2 Å². The molecule has 1 aromatic rings. The second kappa shape index (κ2) is 6.47. The van der Waals surface area contributed by atoms with Gasteiger partial charge in [0.1, 0.15) is 0 Å². The first kappa shape index (κ1) is 16.1. The highest BCUT2D eigenvalue weighted by Gasteiger charge is 2.17. The molecular weight excluding hydrogens is 264 g/mol. The summed E-state index contributed by atoms with van der Waals surface area (Å²) in [7, 11) is -3.57. The monoisotopic (exact) mass is 286 g/mol. The van der Waals surface area contributed by atoms with Crippen molar-refractivity contribution in [2.24, 2.45) is 5.73 Å². The van der Waals surface area contributed by atoms with Gasteiger partial charge in [0.05, 0.1) is 11.0 Å². The summed E-state index contributed by atoms with van der Waals surface area (Å²) in [6.07, 6.45) is -0.758. The molecule has 2 atom stereocenters. The van der Waals surface area contributed by atoms with Crippen molar-refractivity contribution >= 4 is 10.0 Å². The molecule has 0 saturated carbocycles. The van der Waals surface area contributed by atoms with Crippen molar-refractivity contribution in [2.45, 2.75) is 43.7 Å². The molecule has 6 heteroatoms. The maximum absolute atomic E-state index is 12.0. The van der Waals surface area contributed by atoms with Gasteiger partial charge in [-0.15, -0.1) is 0 Å². The third-order valence-electron chi connectivity index (χ3n) is 2.99. The Morgan fingerprint density at radius 1 is 1.21 bits per heavy atom. The molecule has 0 aliphatic heterocycles. The molecule has 0 radical (unpaired) electrons. The summed E-state index contributed by atoms with van der Waals surface area (Å²) < 4.78 is 26.4. The normalized spacial score (nSPS) is 15.5. The van der Waals surface area contributed by atoms with Crippen LogP contribution in [-0.2, 0) is 10.0 Å². The van der Waals surface area contributed by atoms with Crippen LogP contribution in [0.25, 0.3) is 0 Å². The van der Waals surface area contributed by atoms with Crippen LogP contribution < -0.4 is 10.5 Å². The van der Waals surface area contributed by atoms with Crippen molar-refractivity contribution in [1.82, 2.24) is 4.72 Å². The summed E-state index contributed by atoms with van der Waals surface area (Å²) >= 11 is 0. The van der Waals surface area contributed by atoms with Crippen LogP contribution in [0.4, 0.5) is 0 Å². The van der Waals surface area contributed by atoms with E-state index >= 15 is 0 Å². The Labute approximate surface area is 114 Å². The number of nitrogens with one attached hydrogen (secondary N) is 1. The van der Waals surface area contributed by atoms with E-state index in [4.69, 9.17) is 5.73 Å². The second-order valence-electron chi connectivity index (χ2n) is 4.98. The summed E-state index contributed by atoms with van der Waals surface area (Å²) in [6, 6.07) is 6.13. The molecule has 108 valence electrons. The molecule has 19 heavy (non-hydrogen) atoms. The topological polar surface area (TPSA) is 92.4 Å². The van der Waals surface area contributed by atoms with Gasteiger partial charge in [-0.05, 0) is 30.5 Å². The Hall–Kier alpha value is -0.950. The minimum Gasteiger partial charge on any atom is -0.392 e. The van der Waals surface area contributed by atoms with Crippen LogP contribution in [0, 0.1) is 0 Å². The number of sulfonamides is 1. The summed E-state index contributed by atoms with van der Waals surface area (Å²) in [5.74, 6) is 0.355. The molecule has 0 bridgehead atoms. The van der Waals surface area contributed by atoms with E-state index in [0.717, 1.165) is 5.56 Å². The standard InChI is InChI=1S/C13H22N2O3S/c1-9(2)11-4-6-12(7-5-11)19(17,18)15-8-13(14)10(3)16/h4-7,9-10,13,15-16H,8,14H2,1-3H3. The molecule has 0 aromatic heterocycles. The molecule has 0 heterocycles. The Kier molecular flexibility index (Phi) is 5.49. The second-order valence-corrected chi connectivity index (χ2v) is 6.75. The zero-order valence-electron chi connectivity index (χ0n) is 11.5. The van der Waals surface area contributed by atoms with Crippen molar-refractivity contribution < 1.29 is 13.5 Å². The average Bonchev–Trinajstić information content (AvgIpc) is 2.36. The Morgan fingerprint density at radius 2 is 1.74 bits per heavy atom. The van der Waals surface area contributed by atoms with Gasteiger partial charge in [-0.25, -0.2) is 13.1 Å². The molecule has 0 aliphatic rings. The zero-order valence-corrected chi connectivity index (χ0v) is 12.3. The smallest absolute Gasteiger partial charge is 0.240 e. The fraction of sp³-hybridized carbons (Fsp3) is 0.538. The van der Waals surface area contributed by atoms with E-state index < -0.39 is 22.2 Å². The van der Waals surface area contributed by atoms with Gasteiger partial charge in [-0.1, -0.05) is 26.0 Å². The number of hydrogen-bond acceptors (Lipinski definition) is 4. The minimum atomic E-state index is -3.57. The SMILES string of the molecule is CC(C)c1ccc(S(=O)(=O)NCC(N)C(C)O)cc1. The predicted molar refractivity (Wildman–Crippen MR) is 75.4 cm³/mol. The zero-order chi connectivity index (χ0) is 14.6. The van der Waals surface area contributed by atoms with Crippen molar-refractivity contribution in [1.29, 1.82) is 0 Å². The number of rotatable bonds is 6. The highest BCUT2D eigenvalue weighted by atomic mass is 32.2. The summed E-state index contributed by atoms with van der Waals surface area (Å²) in [5.41, 5.74) is 6.67. The molecule has 4 N–H and O–H groups in total. The predicted octanol–water partition coefficient (Wildman–Crippen LogP) is 0.796. The fourth-order valence-electron chi connectivity index (χ4n) is 1.49. The largest absolute Gasteiger partial charge is 0.392 e. The van der Waals surface area contributed by atoms with Gasteiger partial charge < -0.3 is 10.8 Å². The first-order valence-corrected chi connectivity index (χ1v) is 7.75. The van der Waals surface area contributed by atoms with Crippen molar-refractivity contribution in [3.63, 3.8) is 0 Å². The molecule has 0 fully saturated rings. The lowest BCUT2D eigenvalue weighted by Crippen LogP contribution is -2.43. The number of benzene rings is 1. The maximum Gasteiger partial charge on any atom is 0.240 e. The highest BCUT2D eigenvalue weighted by Crippen LogP contribution is 2.17. The van der Waals surface area contributed by atoms with Crippen molar-refractivity contribution in [3.8, 4) is 0 Å². The Bertz CT molecular complexity index is 495. The van der Waals surface area contributed by atoms with E-state index in [0.29, 0.717) is 5.92 Å². The fourth-order valence-corrected chi connectivity index (χ4v) is 2.56. The molecule has 0 amide bonds. The third-order valence-corrected chi connectivity index (χ3v) is 4.43. The van der Waals surface area contributed by atoms with Crippen LogP contribution >= 0.6 is 0 Å². The van der Waals surface area contributed by atoms with Crippen LogP contribution in [0.1, 0.15) is 32.3 Å². The lowest BCUT2D eigenvalue weighted by atomic mass is 10.0. The molecule has 0 aliphatic carbocycles. The van der Waals surface area contributed by atoms with Crippen LogP contribution in [0.3, 0.4) is 0 Å². The summed E-state index contributed by atoms with van der Waals surface area (Å²) in [5, 5.41) is 9.23. The van der Waals surface area contributed by atoms with E-state index in [-0.39, 0.29) is 11.4 Å². The van der Waals surface area contributed by atoms with Gasteiger partial charge in [-0.2, -0.15) is 0 Å². The Balaban J connectivity index is 2.77. The minimum absolute atomic E-state index is 0.00588. The van der Waals surface area contributed by atoms with Gasteiger partial charge in [0.2, 0.25) is 10.0 Å².